The first kappa shape index (κ1) is 20.6. The van der Waals surface area contributed by atoms with Crippen LogP contribution in [0.15, 0.2) is 42.7 Å². The highest BCUT2D eigenvalue weighted by Gasteiger charge is 2.23. The van der Waals surface area contributed by atoms with E-state index in [-0.39, 0.29) is 12.5 Å². The Morgan fingerprint density at radius 3 is 2.48 bits per heavy atom. The van der Waals surface area contributed by atoms with Crippen LogP contribution in [0.5, 0.6) is 5.75 Å². The molecule has 1 fully saturated rings. The Kier molecular flexibility index (Phi) is 6.99. The van der Waals surface area contributed by atoms with Crippen LogP contribution in [-0.4, -0.2) is 66.1 Å². The second kappa shape index (κ2) is 9.86. The lowest BCUT2D eigenvalue weighted by atomic mass is 10.2. The molecule has 8 heteroatoms. The van der Waals surface area contributed by atoms with Crippen molar-refractivity contribution in [1.82, 2.24) is 14.9 Å². The Hall–Kier alpha value is -3.16. The third kappa shape index (κ3) is 5.91. The van der Waals surface area contributed by atoms with Gasteiger partial charge in [0.05, 0.1) is 12.2 Å². The lowest BCUT2D eigenvalue weighted by molar-refractivity contribution is -0.134. The molecule has 0 N–H and O–H groups in total. The molecule has 0 radical (unpaired) electrons. The van der Waals surface area contributed by atoms with Gasteiger partial charge in [-0.15, -0.1) is 0 Å². The molecule has 3 rings (SSSR count). The third-order valence-corrected chi connectivity index (χ3v) is 4.45. The number of rotatable bonds is 7. The predicted molar refractivity (Wildman–Crippen MR) is 108 cm³/mol. The van der Waals surface area contributed by atoms with E-state index in [1.807, 2.05) is 4.90 Å². The maximum absolute atomic E-state index is 12.4. The summed E-state index contributed by atoms with van der Waals surface area (Å²) in [7, 11) is 0. The molecule has 1 aromatic heterocycles. The lowest BCUT2D eigenvalue weighted by Gasteiger charge is -2.34. The van der Waals surface area contributed by atoms with Crippen LogP contribution in [0.2, 0.25) is 0 Å². The molecule has 1 aliphatic rings. The summed E-state index contributed by atoms with van der Waals surface area (Å²) in [6.45, 7) is 6.74. The molecule has 154 valence electrons. The average Bonchev–Trinajstić information content (AvgIpc) is 2.76. The Labute approximate surface area is 170 Å². The number of aromatic nitrogens is 2. The number of piperazine rings is 1. The minimum atomic E-state index is -0.537. The zero-order valence-electron chi connectivity index (χ0n) is 16.8. The number of amides is 1. The number of nitrogens with zero attached hydrogens (tertiary/aromatic N) is 4. The van der Waals surface area contributed by atoms with Gasteiger partial charge >= 0.3 is 5.97 Å². The predicted octanol–water partition coefficient (Wildman–Crippen LogP) is 2.02. The number of anilines is 1. The molecular formula is C21H26N4O4. The van der Waals surface area contributed by atoms with Gasteiger partial charge in [-0.25, -0.2) is 14.8 Å². The Morgan fingerprint density at radius 2 is 1.79 bits per heavy atom. The van der Waals surface area contributed by atoms with Crippen LogP contribution in [0.4, 0.5) is 5.95 Å². The lowest BCUT2D eigenvalue weighted by Crippen LogP contribution is -2.50. The number of hydrogen-bond donors (Lipinski definition) is 0. The molecule has 0 atom stereocenters. The van der Waals surface area contributed by atoms with Crippen LogP contribution < -0.4 is 9.64 Å². The molecule has 1 aliphatic heterocycles. The highest BCUT2D eigenvalue weighted by molar-refractivity contribution is 5.91. The molecular weight excluding hydrogens is 372 g/mol. The van der Waals surface area contributed by atoms with Crippen molar-refractivity contribution in [2.45, 2.75) is 13.8 Å². The SMILES string of the molecule is CC(C)COc1cccc(C(=O)OCC(=O)N2CCN(c3ncccn3)CC2)c1. The molecule has 0 saturated carbocycles. The summed E-state index contributed by atoms with van der Waals surface area (Å²) in [6.07, 6.45) is 3.39. The van der Waals surface area contributed by atoms with E-state index in [1.165, 1.54) is 0 Å². The quantitative estimate of drug-likeness (QED) is 0.660. The fourth-order valence-corrected chi connectivity index (χ4v) is 2.89. The molecule has 1 saturated heterocycles. The van der Waals surface area contributed by atoms with E-state index in [1.54, 1.807) is 47.6 Å². The van der Waals surface area contributed by atoms with Gasteiger partial charge in [0, 0.05) is 38.6 Å². The van der Waals surface area contributed by atoms with Crippen LogP contribution in [0, 0.1) is 5.92 Å². The highest BCUT2D eigenvalue weighted by atomic mass is 16.5. The third-order valence-electron chi connectivity index (χ3n) is 4.45. The molecule has 29 heavy (non-hydrogen) atoms. The molecule has 0 bridgehead atoms. The molecule has 8 nitrogen and oxygen atoms in total. The van der Waals surface area contributed by atoms with Crippen molar-refractivity contribution in [1.29, 1.82) is 0 Å². The Balaban J connectivity index is 1.46. The first-order valence-electron chi connectivity index (χ1n) is 9.72. The van der Waals surface area contributed by atoms with Crippen molar-refractivity contribution >= 4 is 17.8 Å². The molecule has 0 spiro atoms. The topological polar surface area (TPSA) is 84.9 Å². The molecule has 1 amide bonds. The van der Waals surface area contributed by atoms with E-state index in [0.29, 0.717) is 56.0 Å². The number of esters is 1. The largest absolute Gasteiger partial charge is 0.493 e. The van der Waals surface area contributed by atoms with Gasteiger partial charge in [-0.3, -0.25) is 4.79 Å². The van der Waals surface area contributed by atoms with E-state index in [2.05, 4.69) is 23.8 Å². The number of benzene rings is 1. The fourth-order valence-electron chi connectivity index (χ4n) is 2.89. The summed E-state index contributed by atoms with van der Waals surface area (Å²) >= 11 is 0. The maximum Gasteiger partial charge on any atom is 0.338 e. The van der Waals surface area contributed by atoms with Gasteiger partial charge in [0.1, 0.15) is 5.75 Å². The zero-order chi connectivity index (χ0) is 20.6. The van der Waals surface area contributed by atoms with Crippen molar-refractivity contribution in [3.63, 3.8) is 0 Å². The molecule has 2 heterocycles. The normalized spacial score (nSPS) is 14.0. The second-order valence-corrected chi connectivity index (χ2v) is 7.23. The summed E-state index contributed by atoms with van der Waals surface area (Å²) in [6, 6.07) is 8.57. The molecule has 0 aliphatic carbocycles. The van der Waals surface area contributed by atoms with Crippen LogP contribution in [0.1, 0.15) is 24.2 Å². The minimum Gasteiger partial charge on any atom is -0.493 e. The van der Waals surface area contributed by atoms with E-state index in [4.69, 9.17) is 9.47 Å². The highest BCUT2D eigenvalue weighted by Crippen LogP contribution is 2.15. The minimum absolute atomic E-state index is 0.209. The van der Waals surface area contributed by atoms with Crippen molar-refractivity contribution in [2.75, 3.05) is 44.3 Å². The first-order valence-corrected chi connectivity index (χ1v) is 9.72. The van der Waals surface area contributed by atoms with Crippen LogP contribution in [0.3, 0.4) is 0 Å². The smallest absolute Gasteiger partial charge is 0.338 e. The molecule has 1 aromatic carbocycles. The van der Waals surface area contributed by atoms with Crippen molar-refractivity contribution in [3.05, 3.63) is 48.3 Å². The Morgan fingerprint density at radius 1 is 1.07 bits per heavy atom. The summed E-state index contributed by atoms with van der Waals surface area (Å²) < 4.78 is 10.8. The van der Waals surface area contributed by atoms with Gasteiger partial charge in [-0.2, -0.15) is 0 Å². The summed E-state index contributed by atoms with van der Waals surface area (Å²) in [5.74, 6) is 0.908. The van der Waals surface area contributed by atoms with Gasteiger partial charge in [-0.1, -0.05) is 19.9 Å². The number of carbonyl (C=O) groups excluding carboxylic acids is 2. The number of ether oxygens (including phenoxy) is 2. The maximum atomic E-state index is 12.4. The van der Waals surface area contributed by atoms with E-state index < -0.39 is 5.97 Å². The van der Waals surface area contributed by atoms with E-state index >= 15 is 0 Å². The summed E-state index contributed by atoms with van der Waals surface area (Å²) in [4.78, 5) is 36.9. The number of hydrogen-bond acceptors (Lipinski definition) is 7. The van der Waals surface area contributed by atoms with Gasteiger partial charge in [-0.05, 0) is 30.2 Å². The van der Waals surface area contributed by atoms with Gasteiger partial charge in [0.25, 0.3) is 5.91 Å². The van der Waals surface area contributed by atoms with Gasteiger partial charge in [0.2, 0.25) is 5.95 Å². The number of carbonyl (C=O) groups is 2. The standard InChI is InChI=1S/C21H26N4O4/c1-16(2)14-28-18-6-3-5-17(13-18)20(27)29-15-19(26)24-9-11-25(12-10-24)21-22-7-4-8-23-21/h3-8,13,16H,9-12,14-15H2,1-2H3. The Bertz CT molecular complexity index is 820. The fraction of sp³-hybridized carbons (Fsp3) is 0.429. The van der Waals surface area contributed by atoms with Crippen molar-refractivity contribution in [2.24, 2.45) is 5.92 Å². The summed E-state index contributed by atoms with van der Waals surface area (Å²) in [5.41, 5.74) is 0.366. The first-order chi connectivity index (χ1) is 14.0. The second-order valence-electron chi connectivity index (χ2n) is 7.23. The zero-order valence-corrected chi connectivity index (χ0v) is 16.8. The van der Waals surface area contributed by atoms with E-state index in [0.717, 1.165) is 0 Å². The molecule has 2 aromatic rings. The molecule has 0 unspecified atom stereocenters. The van der Waals surface area contributed by atoms with Gasteiger partial charge in [0.15, 0.2) is 6.61 Å². The monoisotopic (exact) mass is 398 g/mol. The van der Waals surface area contributed by atoms with Crippen LogP contribution in [-0.2, 0) is 9.53 Å². The van der Waals surface area contributed by atoms with Gasteiger partial charge < -0.3 is 19.3 Å². The van der Waals surface area contributed by atoms with Crippen molar-refractivity contribution < 1.29 is 19.1 Å². The van der Waals surface area contributed by atoms with E-state index in [9.17, 15) is 9.59 Å². The summed E-state index contributed by atoms with van der Waals surface area (Å²) in [5, 5.41) is 0. The average molecular weight is 398 g/mol. The van der Waals surface area contributed by atoms with Crippen LogP contribution in [0.25, 0.3) is 0 Å². The van der Waals surface area contributed by atoms with Crippen LogP contribution >= 0.6 is 0 Å². The van der Waals surface area contributed by atoms with Crippen molar-refractivity contribution in [3.8, 4) is 5.75 Å².